The molecule has 8 heteroatoms. The van der Waals surface area contributed by atoms with E-state index < -0.39 is 24.3 Å². The second-order valence-corrected chi connectivity index (χ2v) is 5.23. The number of amides is 1. The molecule has 25 heavy (non-hydrogen) atoms. The number of alkyl halides is 5. The fourth-order valence-corrected chi connectivity index (χ4v) is 2.21. The highest BCUT2D eigenvalue weighted by atomic mass is 19.4. The van der Waals surface area contributed by atoms with Gasteiger partial charge in [0.2, 0.25) is 5.91 Å². The SMILES string of the molecule is Cc1c(NC(=O)Cc2cccc(C(F)(F)F)c2)cccc1OC(F)F. The molecule has 0 aliphatic carbocycles. The van der Waals surface area contributed by atoms with Crippen LogP contribution in [0.15, 0.2) is 42.5 Å². The summed E-state index contributed by atoms with van der Waals surface area (Å²) in [6, 6.07) is 8.65. The van der Waals surface area contributed by atoms with Crippen molar-refractivity contribution in [1.29, 1.82) is 0 Å². The molecule has 0 aliphatic rings. The molecule has 0 aromatic heterocycles. The van der Waals surface area contributed by atoms with Crippen molar-refractivity contribution in [3.8, 4) is 5.75 Å². The lowest BCUT2D eigenvalue weighted by atomic mass is 10.1. The Morgan fingerprint density at radius 1 is 1.16 bits per heavy atom. The number of carbonyl (C=O) groups excluding carboxylic acids is 1. The van der Waals surface area contributed by atoms with Gasteiger partial charge in [-0.3, -0.25) is 4.79 Å². The Labute approximate surface area is 140 Å². The predicted octanol–water partition coefficient (Wildman–Crippen LogP) is 4.80. The third-order valence-electron chi connectivity index (χ3n) is 3.39. The molecular weight excluding hydrogens is 345 g/mol. The zero-order chi connectivity index (χ0) is 18.6. The van der Waals surface area contributed by atoms with E-state index in [2.05, 4.69) is 10.1 Å². The van der Waals surface area contributed by atoms with Crippen LogP contribution in [0.25, 0.3) is 0 Å². The van der Waals surface area contributed by atoms with Crippen molar-refractivity contribution < 1.29 is 31.5 Å². The molecule has 2 rings (SSSR count). The first-order valence-corrected chi connectivity index (χ1v) is 7.17. The fourth-order valence-electron chi connectivity index (χ4n) is 2.21. The molecule has 0 saturated heterocycles. The topological polar surface area (TPSA) is 38.3 Å². The summed E-state index contributed by atoms with van der Waals surface area (Å²) in [6.07, 6.45) is -4.78. The van der Waals surface area contributed by atoms with Crippen molar-refractivity contribution in [1.82, 2.24) is 0 Å². The molecule has 0 aliphatic heterocycles. The smallest absolute Gasteiger partial charge is 0.416 e. The molecule has 0 spiro atoms. The van der Waals surface area contributed by atoms with Crippen molar-refractivity contribution in [2.75, 3.05) is 5.32 Å². The molecule has 0 atom stereocenters. The molecule has 0 saturated carbocycles. The van der Waals surface area contributed by atoms with Gasteiger partial charge in [0.05, 0.1) is 12.0 Å². The van der Waals surface area contributed by atoms with Crippen LogP contribution in [0, 0.1) is 6.92 Å². The van der Waals surface area contributed by atoms with Crippen LogP contribution in [0.5, 0.6) is 5.75 Å². The third kappa shape index (κ3) is 5.17. The standard InChI is InChI=1S/C17H14F5NO2/c1-10-13(6-3-7-14(10)25-16(18)19)23-15(24)9-11-4-2-5-12(8-11)17(20,21)22/h2-8,16H,9H2,1H3,(H,23,24). The minimum absolute atomic E-state index is 0.0909. The Kier molecular flexibility index (Phi) is 5.61. The van der Waals surface area contributed by atoms with Crippen LogP contribution in [0.4, 0.5) is 27.6 Å². The van der Waals surface area contributed by atoms with Crippen LogP contribution in [0.3, 0.4) is 0 Å². The van der Waals surface area contributed by atoms with Gasteiger partial charge in [0.1, 0.15) is 5.75 Å². The first-order valence-electron chi connectivity index (χ1n) is 7.17. The lowest BCUT2D eigenvalue weighted by Gasteiger charge is -2.13. The van der Waals surface area contributed by atoms with Crippen molar-refractivity contribution in [2.45, 2.75) is 26.1 Å². The molecule has 1 amide bonds. The molecule has 2 aromatic carbocycles. The van der Waals surface area contributed by atoms with Crippen LogP contribution < -0.4 is 10.1 Å². The van der Waals surface area contributed by atoms with Gasteiger partial charge in [-0.05, 0) is 30.7 Å². The van der Waals surface area contributed by atoms with E-state index in [-0.39, 0.29) is 23.4 Å². The van der Waals surface area contributed by atoms with Crippen molar-refractivity contribution >= 4 is 11.6 Å². The maximum absolute atomic E-state index is 12.7. The Hall–Kier alpha value is -2.64. The number of hydrogen-bond acceptors (Lipinski definition) is 2. The van der Waals surface area contributed by atoms with Gasteiger partial charge in [0.25, 0.3) is 0 Å². The van der Waals surface area contributed by atoms with Crippen LogP contribution in [0.1, 0.15) is 16.7 Å². The minimum Gasteiger partial charge on any atom is -0.434 e. The molecule has 0 unspecified atom stereocenters. The third-order valence-corrected chi connectivity index (χ3v) is 3.39. The van der Waals surface area contributed by atoms with Crippen molar-refractivity contribution in [2.24, 2.45) is 0 Å². The highest BCUT2D eigenvalue weighted by Crippen LogP contribution is 2.30. The number of ether oxygens (including phenoxy) is 1. The van der Waals surface area contributed by atoms with E-state index in [1.807, 2.05) is 0 Å². The van der Waals surface area contributed by atoms with Gasteiger partial charge in [-0.25, -0.2) is 0 Å². The van der Waals surface area contributed by atoms with Crippen LogP contribution in [0.2, 0.25) is 0 Å². The quantitative estimate of drug-likeness (QED) is 0.779. The van der Waals surface area contributed by atoms with Gasteiger partial charge in [0.15, 0.2) is 0 Å². The molecule has 0 radical (unpaired) electrons. The minimum atomic E-state index is -4.50. The number of nitrogens with one attached hydrogen (secondary N) is 1. The van der Waals surface area contributed by atoms with E-state index in [1.165, 1.54) is 37.3 Å². The normalized spacial score (nSPS) is 11.5. The van der Waals surface area contributed by atoms with Gasteiger partial charge in [0, 0.05) is 11.3 Å². The summed E-state index contributed by atoms with van der Waals surface area (Å²) >= 11 is 0. The molecule has 0 bridgehead atoms. The Bertz CT molecular complexity index is 759. The van der Waals surface area contributed by atoms with Crippen LogP contribution in [-0.4, -0.2) is 12.5 Å². The second-order valence-electron chi connectivity index (χ2n) is 5.23. The van der Waals surface area contributed by atoms with E-state index in [1.54, 1.807) is 0 Å². The molecule has 0 fully saturated rings. The predicted molar refractivity (Wildman–Crippen MR) is 81.6 cm³/mol. The lowest BCUT2D eigenvalue weighted by Crippen LogP contribution is -2.16. The monoisotopic (exact) mass is 359 g/mol. The largest absolute Gasteiger partial charge is 0.434 e. The summed E-state index contributed by atoms with van der Waals surface area (Å²) in [6.45, 7) is -1.52. The molecular formula is C17H14F5NO2. The van der Waals surface area contributed by atoms with E-state index >= 15 is 0 Å². The number of halogens is 5. The number of benzene rings is 2. The molecule has 134 valence electrons. The van der Waals surface area contributed by atoms with Gasteiger partial charge >= 0.3 is 12.8 Å². The average Bonchev–Trinajstić information content (AvgIpc) is 2.50. The van der Waals surface area contributed by atoms with E-state index in [0.29, 0.717) is 5.56 Å². The first-order chi connectivity index (χ1) is 11.7. The highest BCUT2D eigenvalue weighted by Gasteiger charge is 2.30. The molecule has 0 heterocycles. The highest BCUT2D eigenvalue weighted by molar-refractivity contribution is 5.93. The Balaban J connectivity index is 2.11. The summed E-state index contributed by atoms with van der Waals surface area (Å²) in [5.41, 5.74) is -0.124. The van der Waals surface area contributed by atoms with Crippen molar-refractivity contribution in [3.05, 3.63) is 59.2 Å². The Morgan fingerprint density at radius 2 is 1.84 bits per heavy atom. The summed E-state index contributed by atoms with van der Waals surface area (Å²) in [5.74, 6) is -0.663. The van der Waals surface area contributed by atoms with Gasteiger partial charge < -0.3 is 10.1 Å². The average molecular weight is 359 g/mol. The van der Waals surface area contributed by atoms with E-state index in [9.17, 15) is 26.7 Å². The summed E-state index contributed by atoms with van der Waals surface area (Å²) in [4.78, 5) is 12.0. The second kappa shape index (κ2) is 7.50. The van der Waals surface area contributed by atoms with Gasteiger partial charge in [-0.1, -0.05) is 24.3 Å². The van der Waals surface area contributed by atoms with Crippen LogP contribution >= 0.6 is 0 Å². The zero-order valence-electron chi connectivity index (χ0n) is 13.0. The zero-order valence-corrected chi connectivity index (χ0v) is 13.0. The maximum Gasteiger partial charge on any atom is 0.416 e. The Morgan fingerprint density at radius 3 is 2.48 bits per heavy atom. The first kappa shape index (κ1) is 18.7. The molecule has 1 N–H and O–H groups in total. The fraction of sp³-hybridized carbons (Fsp3) is 0.235. The molecule has 3 nitrogen and oxygen atoms in total. The van der Waals surface area contributed by atoms with Crippen LogP contribution in [-0.2, 0) is 17.4 Å². The maximum atomic E-state index is 12.7. The number of hydrogen-bond donors (Lipinski definition) is 1. The summed E-state index contributed by atoms with van der Waals surface area (Å²) in [5, 5.41) is 2.49. The molecule has 2 aromatic rings. The number of rotatable bonds is 5. The summed E-state index contributed by atoms with van der Waals surface area (Å²) < 4.78 is 67.0. The summed E-state index contributed by atoms with van der Waals surface area (Å²) in [7, 11) is 0. The van der Waals surface area contributed by atoms with E-state index in [4.69, 9.17) is 0 Å². The van der Waals surface area contributed by atoms with Gasteiger partial charge in [-0.15, -0.1) is 0 Å². The van der Waals surface area contributed by atoms with Crippen molar-refractivity contribution in [3.63, 3.8) is 0 Å². The lowest BCUT2D eigenvalue weighted by molar-refractivity contribution is -0.137. The number of anilines is 1. The van der Waals surface area contributed by atoms with E-state index in [0.717, 1.165) is 12.1 Å². The number of carbonyl (C=O) groups is 1. The van der Waals surface area contributed by atoms with Gasteiger partial charge in [-0.2, -0.15) is 22.0 Å².